The SMILES string of the molecule is CC#CCNC(=O)c1ccc(Br)cc1N. The van der Waals surface area contributed by atoms with Gasteiger partial charge in [0.25, 0.3) is 5.91 Å². The van der Waals surface area contributed by atoms with E-state index in [2.05, 4.69) is 33.1 Å². The normalized spacial score (nSPS) is 8.93. The standard InChI is InChI=1S/C11H11BrN2O/c1-2-3-6-14-11(15)9-5-4-8(12)7-10(9)13/h4-5,7H,6,13H2,1H3,(H,14,15). The molecule has 0 heterocycles. The molecule has 3 nitrogen and oxygen atoms in total. The first-order valence-corrected chi connectivity index (χ1v) is 5.17. The predicted octanol–water partition coefficient (Wildman–Crippen LogP) is 1.78. The fraction of sp³-hybridized carbons (Fsp3) is 0.182. The van der Waals surface area contributed by atoms with Gasteiger partial charge in [-0.25, -0.2) is 0 Å². The molecule has 0 radical (unpaired) electrons. The van der Waals surface area contributed by atoms with Crippen molar-refractivity contribution in [3.63, 3.8) is 0 Å². The van der Waals surface area contributed by atoms with Crippen LogP contribution in [-0.2, 0) is 0 Å². The van der Waals surface area contributed by atoms with Crippen LogP contribution < -0.4 is 11.1 Å². The predicted molar refractivity (Wildman–Crippen MR) is 64.3 cm³/mol. The van der Waals surface area contributed by atoms with Gasteiger partial charge in [0.05, 0.1) is 12.1 Å². The third-order valence-electron chi connectivity index (χ3n) is 1.77. The van der Waals surface area contributed by atoms with E-state index in [1.807, 2.05) is 0 Å². The zero-order chi connectivity index (χ0) is 11.3. The maximum atomic E-state index is 11.6. The van der Waals surface area contributed by atoms with E-state index in [1.54, 1.807) is 25.1 Å². The molecule has 78 valence electrons. The van der Waals surface area contributed by atoms with Gasteiger partial charge >= 0.3 is 0 Å². The Morgan fingerprint density at radius 1 is 1.60 bits per heavy atom. The zero-order valence-electron chi connectivity index (χ0n) is 8.30. The van der Waals surface area contributed by atoms with E-state index in [0.29, 0.717) is 17.8 Å². The number of amides is 1. The molecule has 1 rings (SSSR count). The molecule has 1 aromatic carbocycles. The minimum absolute atomic E-state index is 0.206. The fourth-order valence-electron chi connectivity index (χ4n) is 1.05. The Labute approximate surface area is 97.2 Å². The Kier molecular flexibility index (Phi) is 4.19. The van der Waals surface area contributed by atoms with Crippen molar-refractivity contribution in [3.05, 3.63) is 28.2 Å². The lowest BCUT2D eigenvalue weighted by atomic mass is 10.1. The van der Waals surface area contributed by atoms with E-state index in [0.717, 1.165) is 4.47 Å². The molecule has 0 saturated carbocycles. The summed E-state index contributed by atoms with van der Waals surface area (Å²) in [6, 6.07) is 5.14. The summed E-state index contributed by atoms with van der Waals surface area (Å²) in [6.45, 7) is 2.06. The molecule has 0 saturated heterocycles. The van der Waals surface area contributed by atoms with Crippen molar-refractivity contribution in [1.29, 1.82) is 0 Å². The Bertz CT molecular complexity index is 432. The molecule has 0 unspecified atom stereocenters. The van der Waals surface area contributed by atoms with Gasteiger partial charge in [0.15, 0.2) is 0 Å². The van der Waals surface area contributed by atoms with Crippen molar-refractivity contribution >= 4 is 27.5 Å². The number of anilines is 1. The first-order chi connectivity index (χ1) is 7.15. The highest BCUT2D eigenvalue weighted by Crippen LogP contribution is 2.18. The topological polar surface area (TPSA) is 55.1 Å². The van der Waals surface area contributed by atoms with Crippen LogP contribution in [0.25, 0.3) is 0 Å². The largest absolute Gasteiger partial charge is 0.398 e. The van der Waals surface area contributed by atoms with Gasteiger partial charge in [0.1, 0.15) is 0 Å². The molecule has 0 bridgehead atoms. The summed E-state index contributed by atoms with van der Waals surface area (Å²) < 4.78 is 0.852. The molecule has 0 spiro atoms. The number of nitrogens with two attached hydrogens (primary N) is 1. The van der Waals surface area contributed by atoms with Gasteiger partial charge in [-0.2, -0.15) is 0 Å². The van der Waals surface area contributed by atoms with Crippen molar-refractivity contribution in [2.24, 2.45) is 0 Å². The fourth-order valence-corrected chi connectivity index (χ4v) is 1.43. The van der Waals surface area contributed by atoms with Gasteiger partial charge in [-0.05, 0) is 25.1 Å². The summed E-state index contributed by atoms with van der Waals surface area (Å²) >= 11 is 3.28. The molecule has 3 N–H and O–H groups in total. The molecule has 0 aliphatic rings. The average Bonchev–Trinajstić information content (AvgIpc) is 2.17. The van der Waals surface area contributed by atoms with Crippen LogP contribution in [0.1, 0.15) is 17.3 Å². The molecule has 0 aliphatic carbocycles. The first kappa shape index (κ1) is 11.6. The Morgan fingerprint density at radius 2 is 2.33 bits per heavy atom. The first-order valence-electron chi connectivity index (χ1n) is 4.38. The maximum absolute atomic E-state index is 11.6. The molecule has 0 aromatic heterocycles. The van der Waals surface area contributed by atoms with E-state index < -0.39 is 0 Å². The summed E-state index contributed by atoms with van der Waals surface area (Å²) in [6.07, 6.45) is 0. The van der Waals surface area contributed by atoms with Crippen molar-refractivity contribution < 1.29 is 4.79 Å². The Hall–Kier alpha value is -1.47. The van der Waals surface area contributed by atoms with Gasteiger partial charge in [-0.1, -0.05) is 21.9 Å². The van der Waals surface area contributed by atoms with Crippen molar-refractivity contribution in [1.82, 2.24) is 5.32 Å². The molecule has 0 atom stereocenters. The van der Waals surface area contributed by atoms with Crippen LogP contribution in [0, 0.1) is 11.8 Å². The second kappa shape index (κ2) is 5.42. The smallest absolute Gasteiger partial charge is 0.254 e. The van der Waals surface area contributed by atoms with Gasteiger partial charge in [-0.15, -0.1) is 5.92 Å². The van der Waals surface area contributed by atoms with E-state index in [1.165, 1.54) is 0 Å². The lowest BCUT2D eigenvalue weighted by Gasteiger charge is -2.05. The number of carbonyl (C=O) groups is 1. The highest BCUT2D eigenvalue weighted by Gasteiger charge is 2.08. The van der Waals surface area contributed by atoms with E-state index in [9.17, 15) is 4.79 Å². The van der Waals surface area contributed by atoms with Gasteiger partial charge in [-0.3, -0.25) is 4.79 Å². The van der Waals surface area contributed by atoms with Crippen molar-refractivity contribution in [2.75, 3.05) is 12.3 Å². The highest BCUT2D eigenvalue weighted by molar-refractivity contribution is 9.10. The maximum Gasteiger partial charge on any atom is 0.254 e. The average molecular weight is 267 g/mol. The lowest BCUT2D eigenvalue weighted by Crippen LogP contribution is -2.24. The summed E-state index contributed by atoms with van der Waals surface area (Å²) in [7, 11) is 0. The molecular weight excluding hydrogens is 256 g/mol. The number of hydrogen-bond acceptors (Lipinski definition) is 2. The molecule has 1 aromatic rings. The van der Waals surface area contributed by atoms with Crippen molar-refractivity contribution in [2.45, 2.75) is 6.92 Å². The monoisotopic (exact) mass is 266 g/mol. The number of hydrogen-bond donors (Lipinski definition) is 2. The molecular formula is C11H11BrN2O. The number of nitrogens with one attached hydrogen (secondary N) is 1. The van der Waals surface area contributed by atoms with E-state index in [4.69, 9.17) is 5.73 Å². The molecule has 4 heteroatoms. The minimum Gasteiger partial charge on any atom is -0.398 e. The number of nitrogen functional groups attached to an aromatic ring is 1. The minimum atomic E-state index is -0.206. The second-order valence-corrected chi connectivity index (χ2v) is 3.76. The highest BCUT2D eigenvalue weighted by atomic mass is 79.9. The number of carbonyl (C=O) groups excluding carboxylic acids is 1. The lowest BCUT2D eigenvalue weighted by molar-refractivity contribution is 0.0959. The third kappa shape index (κ3) is 3.30. The van der Waals surface area contributed by atoms with E-state index >= 15 is 0 Å². The molecule has 0 aliphatic heterocycles. The summed E-state index contributed by atoms with van der Waals surface area (Å²) in [5, 5.41) is 2.65. The Morgan fingerprint density at radius 3 is 2.93 bits per heavy atom. The van der Waals surface area contributed by atoms with Crippen LogP contribution in [-0.4, -0.2) is 12.5 Å². The van der Waals surface area contributed by atoms with Crippen LogP contribution in [0.5, 0.6) is 0 Å². The zero-order valence-corrected chi connectivity index (χ0v) is 9.89. The summed E-state index contributed by atoms with van der Waals surface area (Å²) in [5.74, 6) is 5.24. The van der Waals surface area contributed by atoms with Crippen LogP contribution in [0.3, 0.4) is 0 Å². The van der Waals surface area contributed by atoms with Crippen LogP contribution >= 0.6 is 15.9 Å². The number of halogens is 1. The molecule has 15 heavy (non-hydrogen) atoms. The Balaban J connectivity index is 2.76. The quantitative estimate of drug-likeness (QED) is 0.634. The van der Waals surface area contributed by atoms with Gasteiger partial charge in [0.2, 0.25) is 0 Å². The summed E-state index contributed by atoms with van der Waals surface area (Å²) in [4.78, 5) is 11.6. The number of benzene rings is 1. The number of rotatable bonds is 2. The third-order valence-corrected chi connectivity index (χ3v) is 2.27. The molecule has 0 fully saturated rings. The van der Waals surface area contributed by atoms with Gasteiger partial charge < -0.3 is 11.1 Å². The van der Waals surface area contributed by atoms with Crippen molar-refractivity contribution in [3.8, 4) is 11.8 Å². The van der Waals surface area contributed by atoms with Gasteiger partial charge in [0, 0.05) is 10.2 Å². The second-order valence-electron chi connectivity index (χ2n) is 2.84. The van der Waals surface area contributed by atoms with Crippen LogP contribution in [0.15, 0.2) is 22.7 Å². The van der Waals surface area contributed by atoms with Crippen LogP contribution in [0.2, 0.25) is 0 Å². The summed E-state index contributed by atoms with van der Waals surface area (Å²) in [5.41, 5.74) is 6.62. The van der Waals surface area contributed by atoms with E-state index in [-0.39, 0.29) is 5.91 Å². The van der Waals surface area contributed by atoms with Crippen LogP contribution in [0.4, 0.5) is 5.69 Å². The molecule has 1 amide bonds.